The van der Waals surface area contributed by atoms with Crippen molar-refractivity contribution in [3.63, 3.8) is 0 Å². The van der Waals surface area contributed by atoms with Gasteiger partial charge in [0.2, 0.25) is 5.95 Å². The molecule has 0 saturated carbocycles. The lowest BCUT2D eigenvalue weighted by Crippen LogP contribution is -2.31. The second-order valence-corrected chi connectivity index (χ2v) is 6.61. The molecule has 136 valence electrons. The second-order valence-electron chi connectivity index (χ2n) is 6.61. The predicted molar refractivity (Wildman–Crippen MR) is 102 cm³/mol. The zero-order chi connectivity index (χ0) is 19.1. The smallest absolute Gasteiger partial charge is 0.296 e. The van der Waals surface area contributed by atoms with Gasteiger partial charge in [-0.25, -0.2) is 4.98 Å². The Kier molecular flexibility index (Phi) is 4.03. The minimum atomic E-state index is -0.715. The van der Waals surface area contributed by atoms with Gasteiger partial charge in [-0.3, -0.25) is 14.5 Å². The molecule has 4 rings (SSSR count). The van der Waals surface area contributed by atoms with Crippen molar-refractivity contribution >= 4 is 28.7 Å². The minimum absolute atomic E-state index is 0.116. The van der Waals surface area contributed by atoms with E-state index in [2.05, 4.69) is 9.97 Å². The van der Waals surface area contributed by atoms with E-state index in [0.717, 1.165) is 16.6 Å². The number of nitrogens with zero attached hydrogens (tertiary/aromatic N) is 2. The van der Waals surface area contributed by atoms with Crippen molar-refractivity contribution in [1.82, 2.24) is 9.97 Å². The van der Waals surface area contributed by atoms with E-state index in [4.69, 9.17) is 0 Å². The Morgan fingerprint density at radius 2 is 1.96 bits per heavy atom. The van der Waals surface area contributed by atoms with E-state index in [1.807, 2.05) is 55.5 Å². The molecular formula is C21H19N3O3. The normalized spacial score (nSPS) is 17.2. The fourth-order valence-corrected chi connectivity index (χ4v) is 3.47. The maximum absolute atomic E-state index is 12.9. The molecule has 2 heterocycles. The Hall–Kier alpha value is -3.41. The molecule has 1 aromatic heterocycles. The highest BCUT2D eigenvalue weighted by atomic mass is 16.3. The molecule has 1 unspecified atom stereocenters. The van der Waals surface area contributed by atoms with E-state index in [1.165, 1.54) is 4.90 Å². The van der Waals surface area contributed by atoms with Gasteiger partial charge in [0.15, 0.2) is 11.5 Å². The number of carbonyl (C=O) groups excluding carboxylic acids is 2. The first-order chi connectivity index (χ1) is 13.0. The molecule has 0 spiro atoms. The molecule has 1 amide bonds. The standard InChI is InChI=1S/C21H19N3O3/c1-3-16(25)17-18(13-7-5-4-6-8-13)24(20(27)19(17)26)21-22-14-10-9-12(2)11-15(14)23-21/h4-11,18,26H,3H2,1-2H3,(H,22,23). The van der Waals surface area contributed by atoms with E-state index in [-0.39, 0.29) is 17.8 Å². The molecule has 0 bridgehead atoms. The van der Waals surface area contributed by atoms with E-state index >= 15 is 0 Å². The molecule has 1 aliphatic rings. The third-order valence-corrected chi connectivity index (χ3v) is 4.80. The van der Waals surface area contributed by atoms with Crippen LogP contribution >= 0.6 is 0 Å². The number of aliphatic hydroxyl groups excluding tert-OH is 1. The first kappa shape index (κ1) is 17.0. The zero-order valence-corrected chi connectivity index (χ0v) is 15.1. The minimum Gasteiger partial charge on any atom is -0.503 e. The number of imidazole rings is 1. The molecule has 6 heteroatoms. The monoisotopic (exact) mass is 361 g/mol. The number of aliphatic hydroxyl groups is 1. The quantitative estimate of drug-likeness (QED) is 0.741. The van der Waals surface area contributed by atoms with Crippen molar-refractivity contribution < 1.29 is 14.7 Å². The van der Waals surface area contributed by atoms with Crippen LogP contribution in [0.15, 0.2) is 59.9 Å². The number of amides is 1. The maximum Gasteiger partial charge on any atom is 0.296 e. The van der Waals surface area contributed by atoms with Gasteiger partial charge >= 0.3 is 0 Å². The van der Waals surface area contributed by atoms with Crippen molar-refractivity contribution in [3.05, 3.63) is 71.0 Å². The number of aromatic amines is 1. The van der Waals surface area contributed by atoms with E-state index in [1.54, 1.807) is 6.92 Å². The number of rotatable bonds is 4. The molecule has 27 heavy (non-hydrogen) atoms. The van der Waals surface area contributed by atoms with Crippen LogP contribution in [-0.4, -0.2) is 26.8 Å². The molecule has 0 fully saturated rings. The molecule has 2 N–H and O–H groups in total. The fraction of sp³-hybridized carbons (Fsp3) is 0.190. The van der Waals surface area contributed by atoms with Gasteiger partial charge in [0.1, 0.15) is 0 Å². The van der Waals surface area contributed by atoms with Crippen LogP contribution in [0.2, 0.25) is 0 Å². The number of carbonyl (C=O) groups is 2. The first-order valence-electron chi connectivity index (χ1n) is 8.82. The number of Topliss-reactive ketones (excluding diaryl/α,β-unsaturated/α-hetero) is 1. The molecule has 1 aliphatic heterocycles. The molecule has 1 atom stereocenters. The predicted octanol–water partition coefficient (Wildman–Crippen LogP) is 3.75. The van der Waals surface area contributed by atoms with Crippen molar-refractivity contribution in [3.8, 4) is 0 Å². The van der Waals surface area contributed by atoms with Gasteiger partial charge in [0.25, 0.3) is 5.91 Å². The average molecular weight is 361 g/mol. The van der Waals surface area contributed by atoms with Gasteiger partial charge in [0, 0.05) is 6.42 Å². The van der Waals surface area contributed by atoms with Gasteiger partial charge in [0.05, 0.1) is 22.6 Å². The third kappa shape index (κ3) is 2.70. The van der Waals surface area contributed by atoms with Gasteiger partial charge in [-0.2, -0.15) is 0 Å². The number of ketones is 1. The lowest BCUT2D eigenvalue weighted by atomic mass is 9.95. The lowest BCUT2D eigenvalue weighted by Gasteiger charge is -2.24. The number of fused-ring (bicyclic) bond motifs is 1. The summed E-state index contributed by atoms with van der Waals surface area (Å²) in [5, 5.41) is 10.5. The van der Waals surface area contributed by atoms with Crippen LogP contribution in [0.1, 0.15) is 30.5 Å². The zero-order valence-electron chi connectivity index (χ0n) is 15.1. The Morgan fingerprint density at radius 1 is 1.22 bits per heavy atom. The topological polar surface area (TPSA) is 86.3 Å². The highest BCUT2D eigenvalue weighted by Crippen LogP contribution is 2.40. The number of benzene rings is 2. The van der Waals surface area contributed by atoms with Crippen LogP contribution < -0.4 is 4.90 Å². The number of aromatic nitrogens is 2. The van der Waals surface area contributed by atoms with Crippen molar-refractivity contribution in [2.75, 3.05) is 4.90 Å². The average Bonchev–Trinajstić information content (AvgIpc) is 3.20. The summed E-state index contributed by atoms with van der Waals surface area (Å²) in [5.41, 5.74) is 3.42. The lowest BCUT2D eigenvalue weighted by molar-refractivity contribution is -0.118. The first-order valence-corrected chi connectivity index (χ1v) is 8.82. The summed E-state index contributed by atoms with van der Waals surface area (Å²) in [6, 6.07) is 14.2. The molecule has 0 aliphatic carbocycles. The summed E-state index contributed by atoms with van der Waals surface area (Å²) in [5.74, 6) is -1.09. The number of hydrogen-bond donors (Lipinski definition) is 2. The van der Waals surface area contributed by atoms with E-state index in [0.29, 0.717) is 11.5 Å². The van der Waals surface area contributed by atoms with Crippen LogP contribution in [-0.2, 0) is 9.59 Å². The molecule has 6 nitrogen and oxygen atoms in total. The Labute approximate surface area is 156 Å². The van der Waals surface area contributed by atoms with Gasteiger partial charge < -0.3 is 10.1 Å². The second kappa shape index (κ2) is 6.39. The number of anilines is 1. The summed E-state index contributed by atoms with van der Waals surface area (Å²) in [6.45, 7) is 3.68. The molecule has 0 radical (unpaired) electrons. The van der Waals surface area contributed by atoms with Crippen LogP contribution in [0.4, 0.5) is 5.95 Å². The maximum atomic E-state index is 12.9. The molecule has 0 saturated heterocycles. The van der Waals surface area contributed by atoms with Crippen molar-refractivity contribution in [1.29, 1.82) is 0 Å². The number of hydrogen-bond acceptors (Lipinski definition) is 4. The van der Waals surface area contributed by atoms with Crippen LogP contribution in [0.5, 0.6) is 0 Å². The van der Waals surface area contributed by atoms with Gasteiger partial charge in [-0.05, 0) is 30.2 Å². The van der Waals surface area contributed by atoms with Crippen LogP contribution in [0, 0.1) is 6.92 Å². The van der Waals surface area contributed by atoms with E-state index in [9.17, 15) is 14.7 Å². The summed E-state index contributed by atoms with van der Waals surface area (Å²) < 4.78 is 0. The Morgan fingerprint density at radius 3 is 2.67 bits per heavy atom. The van der Waals surface area contributed by atoms with Crippen molar-refractivity contribution in [2.24, 2.45) is 0 Å². The molecule has 3 aromatic rings. The van der Waals surface area contributed by atoms with Crippen molar-refractivity contribution in [2.45, 2.75) is 26.3 Å². The van der Waals surface area contributed by atoms with Crippen LogP contribution in [0.25, 0.3) is 11.0 Å². The SMILES string of the molecule is CCC(=O)C1=C(O)C(=O)N(c2nc3ccc(C)cc3[nH]2)C1c1ccccc1. The summed E-state index contributed by atoms with van der Waals surface area (Å²) in [6.07, 6.45) is 0.198. The Balaban J connectivity index is 1.89. The fourth-order valence-electron chi connectivity index (χ4n) is 3.47. The summed E-state index contributed by atoms with van der Waals surface area (Å²) in [7, 11) is 0. The highest BCUT2D eigenvalue weighted by molar-refractivity contribution is 6.16. The number of nitrogens with one attached hydrogen (secondary N) is 1. The largest absolute Gasteiger partial charge is 0.503 e. The number of aryl methyl sites for hydroxylation is 1. The van der Waals surface area contributed by atoms with Gasteiger partial charge in [-0.15, -0.1) is 0 Å². The highest BCUT2D eigenvalue weighted by Gasteiger charge is 2.45. The molecular weight excluding hydrogens is 342 g/mol. The molecule has 2 aromatic carbocycles. The summed E-state index contributed by atoms with van der Waals surface area (Å²) >= 11 is 0. The number of H-pyrrole nitrogens is 1. The van der Waals surface area contributed by atoms with Gasteiger partial charge in [-0.1, -0.05) is 43.3 Å². The van der Waals surface area contributed by atoms with Crippen LogP contribution in [0.3, 0.4) is 0 Å². The Bertz CT molecular complexity index is 1080. The third-order valence-electron chi connectivity index (χ3n) is 4.80. The summed E-state index contributed by atoms with van der Waals surface area (Å²) in [4.78, 5) is 34.4. The van der Waals surface area contributed by atoms with E-state index < -0.39 is 17.7 Å².